The molecular weight excluding hydrogens is 284 g/mol. The molecule has 0 spiro atoms. The van der Waals surface area contributed by atoms with Gasteiger partial charge in [0.1, 0.15) is 5.92 Å². The van der Waals surface area contributed by atoms with Gasteiger partial charge < -0.3 is 15.3 Å². The molecule has 1 atom stereocenters. The molecule has 0 aliphatic rings. The lowest BCUT2D eigenvalue weighted by Gasteiger charge is -2.08. The van der Waals surface area contributed by atoms with E-state index in [1.165, 1.54) is 30.4 Å². The fraction of sp³-hybridized carbons (Fsp3) is 0.412. The van der Waals surface area contributed by atoms with Crippen LogP contribution in [-0.4, -0.2) is 27.1 Å². The van der Waals surface area contributed by atoms with E-state index in [0.717, 1.165) is 19.3 Å². The number of aliphatic carboxylic acids is 1. The van der Waals surface area contributed by atoms with Crippen LogP contribution in [-0.2, 0) is 9.59 Å². The lowest BCUT2D eigenvalue weighted by Crippen LogP contribution is -2.22. The van der Waals surface area contributed by atoms with E-state index >= 15 is 0 Å². The average Bonchev–Trinajstić information content (AvgIpc) is 2.48. The van der Waals surface area contributed by atoms with E-state index in [9.17, 15) is 19.8 Å². The van der Waals surface area contributed by atoms with E-state index in [1.54, 1.807) is 0 Å². The van der Waals surface area contributed by atoms with Gasteiger partial charge in [-0.15, -0.1) is 0 Å². The predicted octanol–water partition coefficient (Wildman–Crippen LogP) is 3.35. The Morgan fingerprint density at radius 1 is 1.14 bits per heavy atom. The van der Waals surface area contributed by atoms with Crippen LogP contribution in [0.4, 0.5) is 0 Å². The molecule has 0 fully saturated rings. The minimum atomic E-state index is -1.11. The topological polar surface area (TPSA) is 94.8 Å². The van der Waals surface area contributed by atoms with Crippen molar-refractivity contribution >= 4 is 17.8 Å². The van der Waals surface area contributed by atoms with Crippen molar-refractivity contribution in [2.45, 2.75) is 39.0 Å². The van der Waals surface area contributed by atoms with Crippen LogP contribution >= 0.6 is 0 Å². The molecule has 5 nitrogen and oxygen atoms in total. The normalized spacial score (nSPS) is 12.4. The molecule has 1 rings (SSSR count). The largest absolute Gasteiger partial charge is 0.504 e. The van der Waals surface area contributed by atoms with Gasteiger partial charge in [-0.3, -0.25) is 9.59 Å². The number of hydrogen-bond donors (Lipinski definition) is 3. The Kier molecular flexibility index (Phi) is 7.16. The minimum Gasteiger partial charge on any atom is -0.504 e. The summed E-state index contributed by atoms with van der Waals surface area (Å²) in [6.07, 6.45) is 6.69. The number of unbranched alkanes of at least 4 members (excludes halogenated alkanes) is 3. The van der Waals surface area contributed by atoms with Crippen molar-refractivity contribution in [2.24, 2.45) is 5.92 Å². The second-order valence-corrected chi connectivity index (χ2v) is 5.22. The fourth-order valence-electron chi connectivity index (χ4n) is 2.10. The zero-order chi connectivity index (χ0) is 16.5. The van der Waals surface area contributed by atoms with Crippen LogP contribution in [0.25, 0.3) is 6.08 Å². The molecule has 3 N–H and O–H groups in total. The Balaban J connectivity index is 2.67. The molecule has 22 heavy (non-hydrogen) atoms. The quantitative estimate of drug-likeness (QED) is 0.281. The molecule has 0 aliphatic carbocycles. The van der Waals surface area contributed by atoms with Gasteiger partial charge in [-0.05, 0) is 30.2 Å². The fourth-order valence-corrected chi connectivity index (χ4v) is 2.10. The van der Waals surface area contributed by atoms with Crippen LogP contribution in [0, 0.1) is 5.92 Å². The summed E-state index contributed by atoms with van der Waals surface area (Å²) in [7, 11) is 0. The van der Waals surface area contributed by atoms with Gasteiger partial charge in [-0.2, -0.15) is 0 Å². The van der Waals surface area contributed by atoms with Gasteiger partial charge in [0.15, 0.2) is 17.3 Å². The molecule has 0 saturated heterocycles. The smallest absolute Gasteiger partial charge is 0.314 e. The zero-order valence-corrected chi connectivity index (χ0v) is 12.7. The molecule has 0 saturated carbocycles. The minimum absolute atomic E-state index is 0.247. The van der Waals surface area contributed by atoms with E-state index in [0.29, 0.717) is 18.4 Å². The molecule has 1 aromatic rings. The maximum Gasteiger partial charge on any atom is 0.314 e. The van der Waals surface area contributed by atoms with Crippen molar-refractivity contribution < 1.29 is 24.9 Å². The number of carboxylic acids is 1. The van der Waals surface area contributed by atoms with Crippen LogP contribution in [0.15, 0.2) is 24.3 Å². The number of phenols is 2. The first-order valence-corrected chi connectivity index (χ1v) is 7.42. The molecule has 5 heteroatoms. The lowest BCUT2D eigenvalue weighted by atomic mass is 9.96. The lowest BCUT2D eigenvalue weighted by molar-refractivity contribution is -0.145. The van der Waals surface area contributed by atoms with Crippen molar-refractivity contribution in [2.75, 3.05) is 0 Å². The number of allylic oxidation sites excluding steroid dienone is 1. The van der Waals surface area contributed by atoms with Crippen molar-refractivity contribution in [1.82, 2.24) is 0 Å². The number of aromatic hydroxyl groups is 2. The molecule has 1 aromatic carbocycles. The summed E-state index contributed by atoms with van der Waals surface area (Å²) in [6.45, 7) is 2.07. The second kappa shape index (κ2) is 8.87. The highest BCUT2D eigenvalue weighted by Crippen LogP contribution is 2.25. The first-order valence-electron chi connectivity index (χ1n) is 7.42. The highest BCUT2D eigenvalue weighted by atomic mass is 16.4. The maximum absolute atomic E-state index is 12.0. The molecule has 0 heterocycles. The van der Waals surface area contributed by atoms with E-state index < -0.39 is 17.7 Å². The molecule has 0 aromatic heterocycles. The standard InChI is InChI=1S/C17H22O5/c1-2-3-4-5-6-13(17(21)22)14(18)9-7-12-8-10-15(19)16(20)11-12/h7-11,13,19-20H,2-6H2,1H3,(H,21,22)/b9-7+. The maximum atomic E-state index is 12.0. The summed E-state index contributed by atoms with van der Waals surface area (Å²) in [5.74, 6) is -3.14. The van der Waals surface area contributed by atoms with Gasteiger partial charge in [-0.1, -0.05) is 44.7 Å². The monoisotopic (exact) mass is 306 g/mol. The van der Waals surface area contributed by atoms with E-state index in [4.69, 9.17) is 5.11 Å². The van der Waals surface area contributed by atoms with Gasteiger partial charge in [-0.25, -0.2) is 0 Å². The summed E-state index contributed by atoms with van der Waals surface area (Å²) < 4.78 is 0. The third kappa shape index (κ3) is 5.60. The zero-order valence-electron chi connectivity index (χ0n) is 12.7. The molecule has 0 radical (unpaired) electrons. The van der Waals surface area contributed by atoms with Crippen molar-refractivity contribution in [3.8, 4) is 11.5 Å². The summed E-state index contributed by atoms with van der Waals surface area (Å²) in [4.78, 5) is 23.2. The summed E-state index contributed by atoms with van der Waals surface area (Å²) >= 11 is 0. The van der Waals surface area contributed by atoms with Gasteiger partial charge in [0.25, 0.3) is 0 Å². The van der Waals surface area contributed by atoms with Gasteiger partial charge in [0, 0.05) is 0 Å². The number of hydrogen-bond acceptors (Lipinski definition) is 4. The summed E-state index contributed by atoms with van der Waals surface area (Å²) in [5, 5.41) is 27.7. The van der Waals surface area contributed by atoms with Crippen molar-refractivity contribution in [1.29, 1.82) is 0 Å². The third-order valence-electron chi connectivity index (χ3n) is 3.43. The number of carboxylic acid groups (broad SMARTS) is 1. The summed E-state index contributed by atoms with van der Waals surface area (Å²) in [6, 6.07) is 4.13. The number of phenolic OH excluding ortho intramolecular Hbond substituents is 2. The van der Waals surface area contributed by atoms with Gasteiger partial charge in [0.05, 0.1) is 0 Å². The first kappa shape index (κ1) is 17.8. The third-order valence-corrected chi connectivity index (χ3v) is 3.43. The highest BCUT2D eigenvalue weighted by Gasteiger charge is 2.23. The van der Waals surface area contributed by atoms with Gasteiger partial charge in [0.2, 0.25) is 0 Å². The Bertz CT molecular complexity index is 548. The SMILES string of the molecule is CCCCCCC(C(=O)O)C(=O)/C=C/c1ccc(O)c(O)c1. The van der Waals surface area contributed by atoms with Crippen LogP contribution in [0.1, 0.15) is 44.6 Å². The Hall–Kier alpha value is -2.30. The van der Waals surface area contributed by atoms with Crippen molar-refractivity contribution in [3.63, 3.8) is 0 Å². The van der Waals surface area contributed by atoms with Crippen molar-refractivity contribution in [3.05, 3.63) is 29.8 Å². The Morgan fingerprint density at radius 3 is 2.45 bits per heavy atom. The van der Waals surface area contributed by atoms with Gasteiger partial charge >= 0.3 is 5.97 Å². The summed E-state index contributed by atoms with van der Waals surface area (Å²) in [5.41, 5.74) is 0.513. The van der Waals surface area contributed by atoms with E-state index in [2.05, 4.69) is 6.92 Å². The van der Waals surface area contributed by atoms with Crippen LogP contribution in [0.2, 0.25) is 0 Å². The highest BCUT2D eigenvalue weighted by molar-refractivity contribution is 6.06. The molecular formula is C17H22O5. The Labute approximate surface area is 129 Å². The molecule has 1 unspecified atom stereocenters. The first-order chi connectivity index (χ1) is 10.5. The average molecular weight is 306 g/mol. The molecule has 0 amide bonds. The van der Waals surface area contributed by atoms with E-state index in [-0.39, 0.29) is 11.5 Å². The van der Waals surface area contributed by atoms with Crippen LogP contribution in [0.3, 0.4) is 0 Å². The predicted molar refractivity (Wildman–Crippen MR) is 83.7 cm³/mol. The number of ketones is 1. The van der Waals surface area contributed by atoms with E-state index in [1.807, 2.05) is 0 Å². The van der Waals surface area contributed by atoms with Crippen LogP contribution in [0.5, 0.6) is 11.5 Å². The number of rotatable bonds is 9. The van der Waals surface area contributed by atoms with Crippen LogP contribution < -0.4 is 0 Å². The molecule has 120 valence electrons. The number of benzene rings is 1. The molecule has 0 aliphatic heterocycles. The number of carbonyl (C=O) groups is 2. The second-order valence-electron chi connectivity index (χ2n) is 5.22. The molecule has 0 bridgehead atoms. The Morgan fingerprint density at radius 2 is 1.86 bits per heavy atom. The number of carbonyl (C=O) groups excluding carboxylic acids is 1.